The molecule has 10 heteroatoms. The zero-order valence-electron chi connectivity index (χ0n) is 17.8. The van der Waals surface area contributed by atoms with Crippen LogP contribution >= 0.6 is 23.7 Å². The van der Waals surface area contributed by atoms with Crippen molar-refractivity contribution in [1.29, 1.82) is 0 Å². The maximum Gasteiger partial charge on any atom is 0.280 e. The van der Waals surface area contributed by atoms with Crippen molar-refractivity contribution in [3.63, 3.8) is 0 Å². The molecule has 1 aliphatic heterocycles. The minimum absolute atomic E-state index is 0. The Kier molecular flexibility index (Phi) is 8.25. The summed E-state index contributed by atoms with van der Waals surface area (Å²) in [6, 6.07) is 7.65. The lowest BCUT2D eigenvalue weighted by molar-refractivity contribution is 0.0391. The van der Waals surface area contributed by atoms with Crippen LogP contribution in [-0.4, -0.2) is 71.6 Å². The second-order valence-corrected chi connectivity index (χ2v) is 8.01. The van der Waals surface area contributed by atoms with Gasteiger partial charge in [0.25, 0.3) is 5.91 Å². The number of rotatable bonds is 8. The van der Waals surface area contributed by atoms with Gasteiger partial charge in [-0.3, -0.25) is 19.3 Å². The van der Waals surface area contributed by atoms with Crippen LogP contribution in [-0.2, 0) is 11.3 Å². The zero-order valence-corrected chi connectivity index (χ0v) is 19.5. The number of amides is 1. The first-order valence-corrected chi connectivity index (χ1v) is 11.2. The smallest absolute Gasteiger partial charge is 0.280 e. The van der Waals surface area contributed by atoms with Gasteiger partial charge in [-0.2, -0.15) is 5.10 Å². The third-order valence-electron chi connectivity index (χ3n) is 5.07. The zero-order chi connectivity index (χ0) is 20.9. The molecule has 1 aromatic carbocycles. The van der Waals surface area contributed by atoms with Gasteiger partial charge < -0.3 is 9.47 Å². The van der Waals surface area contributed by atoms with Gasteiger partial charge in [0, 0.05) is 38.9 Å². The molecular weight excluding hydrogens is 438 g/mol. The molecule has 4 rings (SSSR count). The van der Waals surface area contributed by atoms with Crippen LogP contribution in [0.2, 0.25) is 0 Å². The highest BCUT2D eigenvalue weighted by atomic mass is 35.5. The Hall–Kier alpha value is -2.20. The summed E-state index contributed by atoms with van der Waals surface area (Å²) in [6.45, 7) is 9.76. The molecule has 3 aromatic rings. The van der Waals surface area contributed by atoms with Crippen LogP contribution in [0.15, 0.2) is 30.5 Å². The normalized spacial score (nSPS) is 14.4. The van der Waals surface area contributed by atoms with E-state index in [9.17, 15) is 4.79 Å². The standard InChI is InChI=1S/C21H27N5O3S.ClH/c1-3-25-9-8-16(23-25)20(27)26(11-10-24-12-14-28-15-13-24)21-22-19-17(29-4-2)6-5-7-18(19)30-21;/h5-9H,3-4,10-15H2,1-2H3;1H. The fourth-order valence-corrected chi connectivity index (χ4v) is 4.45. The monoisotopic (exact) mass is 465 g/mol. The number of nitrogens with zero attached hydrogens (tertiary/aromatic N) is 5. The fourth-order valence-electron chi connectivity index (χ4n) is 3.44. The molecule has 0 unspecified atom stereocenters. The number of carbonyl (C=O) groups excluding carboxylic acids is 1. The minimum atomic E-state index is -0.132. The van der Waals surface area contributed by atoms with Crippen LogP contribution in [0.5, 0.6) is 5.75 Å². The van der Waals surface area contributed by atoms with Gasteiger partial charge in [-0.05, 0) is 32.0 Å². The lowest BCUT2D eigenvalue weighted by atomic mass is 10.3. The van der Waals surface area contributed by atoms with Crippen molar-refractivity contribution in [1.82, 2.24) is 19.7 Å². The molecule has 1 aliphatic rings. The summed E-state index contributed by atoms with van der Waals surface area (Å²) < 4.78 is 13.9. The van der Waals surface area contributed by atoms with E-state index in [0.717, 1.165) is 55.4 Å². The average Bonchev–Trinajstić information content (AvgIpc) is 3.42. The lowest BCUT2D eigenvalue weighted by Gasteiger charge is -2.29. The fraction of sp³-hybridized carbons (Fsp3) is 0.476. The minimum Gasteiger partial charge on any atom is -0.492 e. The van der Waals surface area contributed by atoms with Gasteiger partial charge in [-0.15, -0.1) is 12.4 Å². The number of ether oxygens (including phenoxy) is 2. The molecule has 2 aromatic heterocycles. The molecule has 31 heavy (non-hydrogen) atoms. The van der Waals surface area contributed by atoms with Crippen LogP contribution in [0.25, 0.3) is 10.2 Å². The molecule has 0 N–H and O–H groups in total. The first kappa shape index (κ1) is 23.5. The van der Waals surface area contributed by atoms with E-state index < -0.39 is 0 Å². The van der Waals surface area contributed by atoms with Gasteiger partial charge in [0.2, 0.25) is 0 Å². The van der Waals surface area contributed by atoms with Crippen molar-refractivity contribution in [2.75, 3.05) is 50.9 Å². The van der Waals surface area contributed by atoms with Crippen LogP contribution in [0, 0.1) is 0 Å². The summed E-state index contributed by atoms with van der Waals surface area (Å²) in [7, 11) is 0. The van der Waals surface area contributed by atoms with Crippen molar-refractivity contribution in [2.45, 2.75) is 20.4 Å². The molecule has 1 fully saturated rings. The van der Waals surface area contributed by atoms with E-state index in [0.29, 0.717) is 24.0 Å². The highest BCUT2D eigenvalue weighted by Crippen LogP contribution is 2.34. The Bertz CT molecular complexity index is 1000. The number of fused-ring (bicyclic) bond motifs is 1. The summed E-state index contributed by atoms with van der Waals surface area (Å²) in [5, 5.41) is 5.08. The second kappa shape index (κ2) is 10.9. The van der Waals surface area contributed by atoms with Crippen molar-refractivity contribution in [2.24, 2.45) is 0 Å². The quantitative estimate of drug-likeness (QED) is 0.508. The summed E-state index contributed by atoms with van der Waals surface area (Å²) in [5.41, 5.74) is 1.23. The number of benzene rings is 1. The van der Waals surface area contributed by atoms with Crippen LogP contribution in [0.1, 0.15) is 24.3 Å². The number of anilines is 1. The Balaban J connectivity index is 0.00000272. The van der Waals surface area contributed by atoms with Gasteiger partial charge in [0.1, 0.15) is 11.3 Å². The third-order valence-corrected chi connectivity index (χ3v) is 6.12. The number of aromatic nitrogens is 3. The summed E-state index contributed by atoms with van der Waals surface area (Å²) in [5.74, 6) is 0.612. The second-order valence-electron chi connectivity index (χ2n) is 7.00. The molecule has 0 saturated carbocycles. The molecule has 0 radical (unpaired) electrons. The third kappa shape index (κ3) is 5.35. The van der Waals surface area contributed by atoms with Gasteiger partial charge >= 0.3 is 0 Å². The highest BCUT2D eigenvalue weighted by molar-refractivity contribution is 7.22. The molecule has 168 valence electrons. The van der Waals surface area contributed by atoms with Crippen molar-refractivity contribution in [3.8, 4) is 5.75 Å². The molecule has 0 aliphatic carbocycles. The molecule has 1 saturated heterocycles. The summed E-state index contributed by atoms with van der Waals surface area (Å²) in [4.78, 5) is 22.2. The van der Waals surface area contributed by atoms with E-state index in [2.05, 4.69) is 10.00 Å². The van der Waals surface area contributed by atoms with Crippen molar-refractivity contribution >= 4 is 45.0 Å². The predicted octanol–water partition coefficient (Wildman–Crippen LogP) is 3.31. The van der Waals surface area contributed by atoms with E-state index >= 15 is 0 Å². The van der Waals surface area contributed by atoms with Crippen LogP contribution in [0.4, 0.5) is 5.13 Å². The van der Waals surface area contributed by atoms with Crippen molar-refractivity contribution in [3.05, 3.63) is 36.2 Å². The summed E-state index contributed by atoms with van der Waals surface area (Å²) in [6.07, 6.45) is 1.83. The SMILES string of the molecule is CCOc1cccc2sc(N(CCN3CCOCC3)C(=O)c3ccn(CC)n3)nc12.Cl. The largest absolute Gasteiger partial charge is 0.492 e. The molecule has 0 bridgehead atoms. The number of hydrogen-bond donors (Lipinski definition) is 0. The molecule has 8 nitrogen and oxygen atoms in total. The Morgan fingerprint density at radius 1 is 1.26 bits per heavy atom. The molecular formula is C21H28ClN5O3S. The molecule has 1 amide bonds. The van der Waals surface area contributed by atoms with Crippen LogP contribution in [0.3, 0.4) is 0 Å². The van der Waals surface area contributed by atoms with Gasteiger partial charge in [-0.1, -0.05) is 17.4 Å². The first-order valence-electron chi connectivity index (χ1n) is 10.4. The van der Waals surface area contributed by atoms with E-state index in [1.165, 1.54) is 11.3 Å². The average molecular weight is 466 g/mol. The highest BCUT2D eigenvalue weighted by Gasteiger charge is 2.25. The van der Waals surface area contributed by atoms with Gasteiger partial charge in [0.15, 0.2) is 10.8 Å². The number of morpholine rings is 1. The Morgan fingerprint density at radius 3 is 2.77 bits per heavy atom. The van der Waals surface area contributed by atoms with E-state index in [1.54, 1.807) is 15.6 Å². The van der Waals surface area contributed by atoms with Gasteiger partial charge in [-0.25, -0.2) is 4.98 Å². The van der Waals surface area contributed by atoms with Gasteiger partial charge in [0.05, 0.1) is 24.5 Å². The lowest BCUT2D eigenvalue weighted by Crippen LogP contribution is -2.43. The van der Waals surface area contributed by atoms with E-state index in [-0.39, 0.29) is 18.3 Å². The topological polar surface area (TPSA) is 72.7 Å². The Morgan fingerprint density at radius 2 is 2.06 bits per heavy atom. The number of para-hydroxylation sites is 1. The molecule has 0 atom stereocenters. The number of hydrogen-bond acceptors (Lipinski definition) is 7. The predicted molar refractivity (Wildman–Crippen MR) is 125 cm³/mol. The number of thiazole rings is 1. The maximum atomic E-state index is 13.4. The van der Waals surface area contributed by atoms with E-state index in [1.807, 2.05) is 38.2 Å². The summed E-state index contributed by atoms with van der Waals surface area (Å²) >= 11 is 1.50. The van der Waals surface area contributed by atoms with Crippen LogP contribution < -0.4 is 9.64 Å². The number of halogens is 1. The maximum absolute atomic E-state index is 13.4. The number of carbonyl (C=O) groups is 1. The van der Waals surface area contributed by atoms with E-state index in [4.69, 9.17) is 14.5 Å². The Labute approximate surface area is 192 Å². The molecule has 0 spiro atoms. The first-order chi connectivity index (χ1) is 14.7. The van der Waals surface area contributed by atoms with Crippen molar-refractivity contribution < 1.29 is 14.3 Å². The molecule has 3 heterocycles. The number of aryl methyl sites for hydroxylation is 1.